The van der Waals surface area contributed by atoms with E-state index in [1.165, 1.54) is 0 Å². The van der Waals surface area contributed by atoms with Gasteiger partial charge in [0.25, 0.3) is 0 Å². The largest absolute Gasteiger partial charge is 0.355 e. The van der Waals surface area contributed by atoms with Gasteiger partial charge in [-0.05, 0) is 18.3 Å². The second kappa shape index (κ2) is 8.37. The van der Waals surface area contributed by atoms with Crippen molar-refractivity contribution < 1.29 is 9.59 Å². The van der Waals surface area contributed by atoms with E-state index < -0.39 is 0 Å². The first-order valence-electron chi connectivity index (χ1n) is 8.06. The predicted octanol–water partition coefficient (Wildman–Crippen LogP) is 1.24. The quantitative estimate of drug-likeness (QED) is 0.775. The molecule has 1 fully saturated rings. The van der Waals surface area contributed by atoms with Crippen molar-refractivity contribution >= 4 is 11.8 Å². The minimum atomic E-state index is 0.0112. The molecular formula is C16H31N3O2. The van der Waals surface area contributed by atoms with Gasteiger partial charge in [-0.25, -0.2) is 0 Å². The average molecular weight is 297 g/mol. The molecule has 0 radical (unpaired) electrons. The maximum absolute atomic E-state index is 11.9. The van der Waals surface area contributed by atoms with Gasteiger partial charge in [0.2, 0.25) is 11.8 Å². The zero-order valence-corrected chi connectivity index (χ0v) is 14.1. The second-order valence-electron chi connectivity index (χ2n) is 6.84. The second-order valence-corrected chi connectivity index (χ2v) is 6.84. The highest BCUT2D eigenvalue weighted by atomic mass is 16.2. The summed E-state index contributed by atoms with van der Waals surface area (Å²) in [5, 5.41) is 6.01. The van der Waals surface area contributed by atoms with E-state index in [9.17, 15) is 9.59 Å². The van der Waals surface area contributed by atoms with Crippen LogP contribution in [-0.4, -0.2) is 48.9 Å². The highest BCUT2D eigenvalue weighted by Gasteiger charge is 2.29. The van der Waals surface area contributed by atoms with E-state index in [1.807, 2.05) is 13.8 Å². The summed E-state index contributed by atoms with van der Waals surface area (Å²) < 4.78 is 0. The van der Waals surface area contributed by atoms with Crippen LogP contribution in [0.1, 0.15) is 41.0 Å². The highest BCUT2D eigenvalue weighted by molar-refractivity contribution is 5.78. The monoisotopic (exact) mass is 297 g/mol. The summed E-state index contributed by atoms with van der Waals surface area (Å²) in [4.78, 5) is 25.2. The Bertz CT molecular complexity index is 355. The fourth-order valence-electron chi connectivity index (χ4n) is 2.76. The van der Waals surface area contributed by atoms with Crippen molar-refractivity contribution in [3.63, 3.8) is 0 Å². The zero-order valence-electron chi connectivity index (χ0n) is 14.1. The number of piperidine rings is 1. The first-order valence-corrected chi connectivity index (χ1v) is 8.06. The predicted molar refractivity (Wildman–Crippen MR) is 84.8 cm³/mol. The van der Waals surface area contributed by atoms with Crippen molar-refractivity contribution in [2.45, 2.75) is 47.1 Å². The van der Waals surface area contributed by atoms with Gasteiger partial charge in [0.1, 0.15) is 0 Å². The molecule has 0 aromatic heterocycles. The maximum atomic E-state index is 11.9. The summed E-state index contributed by atoms with van der Waals surface area (Å²) >= 11 is 0. The average Bonchev–Trinajstić information content (AvgIpc) is 2.37. The Morgan fingerprint density at radius 2 is 1.86 bits per heavy atom. The van der Waals surface area contributed by atoms with Gasteiger partial charge in [0, 0.05) is 45.1 Å². The third-order valence-electron chi connectivity index (χ3n) is 4.17. The smallest absolute Gasteiger partial charge is 0.222 e. The Labute approximate surface area is 128 Å². The van der Waals surface area contributed by atoms with Crippen LogP contribution in [0.2, 0.25) is 0 Å². The highest BCUT2D eigenvalue weighted by Crippen LogP contribution is 2.23. The number of rotatable bonds is 6. The lowest BCUT2D eigenvalue weighted by Gasteiger charge is -2.40. The standard InChI is InChI=1S/C16H31N3O2/c1-11(2)14-8-15(18-16(21)12(3)4)10-19(9-14)7-6-17-13(5)20/h11-12,14-15H,6-10H2,1-5H3,(H,17,20)(H,18,21). The Balaban J connectivity index is 2.55. The molecule has 0 aromatic carbocycles. The maximum Gasteiger partial charge on any atom is 0.222 e. The molecule has 0 aromatic rings. The van der Waals surface area contributed by atoms with Gasteiger partial charge in [-0.15, -0.1) is 0 Å². The number of likely N-dealkylation sites (tertiary alicyclic amines) is 1. The van der Waals surface area contributed by atoms with E-state index >= 15 is 0 Å². The molecule has 0 saturated carbocycles. The number of nitrogens with one attached hydrogen (secondary N) is 2. The molecule has 0 bridgehead atoms. The first-order chi connectivity index (χ1) is 9.79. The summed E-state index contributed by atoms with van der Waals surface area (Å²) in [5.74, 6) is 1.36. The summed E-state index contributed by atoms with van der Waals surface area (Å²) in [7, 11) is 0. The molecule has 2 unspecified atom stereocenters. The fourth-order valence-corrected chi connectivity index (χ4v) is 2.76. The van der Waals surface area contributed by atoms with Gasteiger partial charge in [-0.1, -0.05) is 27.7 Å². The Kier molecular flexibility index (Phi) is 7.15. The van der Waals surface area contributed by atoms with Crippen LogP contribution in [-0.2, 0) is 9.59 Å². The van der Waals surface area contributed by atoms with Crippen LogP contribution in [0.4, 0.5) is 0 Å². The Morgan fingerprint density at radius 3 is 2.38 bits per heavy atom. The molecule has 1 heterocycles. The first kappa shape index (κ1) is 18.0. The third-order valence-corrected chi connectivity index (χ3v) is 4.17. The molecule has 1 aliphatic heterocycles. The van der Waals surface area contributed by atoms with Gasteiger partial charge in [0.15, 0.2) is 0 Å². The van der Waals surface area contributed by atoms with Crippen LogP contribution in [0.25, 0.3) is 0 Å². The minimum absolute atomic E-state index is 0.0112. The molecule has 2 atom stereocenters. The molecule has 21 heavy (non-hydrogen) atoms. The lowest BCUT2D eigenvalue weighted by molar-refractivity contribution is -0.125. The molecule has 0 spiro atoms. The van der Waals surface area contributed by atoms with Crippen LogP contribution in [0.3, 0.4) is 0 Å². The van der Waals surface area contributed by atoms with Crippen molar-refractivity contribution in [2.75, 3.05) is 26.2 Å². The van der Waals surface area contributed by atoms with Crippen molar-refractivity contribution in [3.05, 3.63) is 0 Å². The lowest BCUT2D eigenvalue weighted by Crippen LogP contribution is -2.53. The van der Waals surface area contributed by atoms with Crippen LogP contribution in [0, 0.1) is 17.8 Å². The van der Waals surface area contributed by atoms with Crippen molar-refractivity contribution in [1.29, 1.82) is 0 Å². The van der Waals surface area contributed by atoms with Gasteiger partial charge in [0.05, 0.1) is 0 Å². The van der Waals surface area contributed by atoms with E-state index in [1.54, 1.807) is 6.92 Å². The van der Waals surface area contributed by atoms with E-state index in [2.05, 4.69) is 29.4 Å². The topological polar surface area (TPSA) is 61.4 Å². The molecule has 2 amide bonds. The number of hydrogen-bond donors (Lipinski definition) is 2. The van der Waals surface area contributed by atoms with Crippen molar-refractivity contribution in [1.82, 2.24) is 15.5 Å². The molecule has 5 nitrogen and oxygen atoms in total. The normalized spacial score (nSPS) is 23.4. The molecule has 122 valence electrons. The van der Waals surface area contributed by atoms with Crippen LogP contribution < -0.4 is 10.6 Å². The number of nitrogens with zero attached hydrogens (tertiary/aromatic N) is 1. The Hall–Kier alpha value is -1.10. The van der Waals surface area contributed by atoms with Gasteiger partial charge < -0.3 is 10.6 Å². The van der Waals surface area contributed by atoms with Gasteiger partial charge >= 0.3 is 0 Å². The van der Waals surface area contributed by atoms with E-state index in [0.717, 1.165) is 26.1 Å². The molecule has 5 heteroatoms. The minimum Gasteiger partial charge on any atom is -0.355 e. The van der Waals surface area contributed by atoms with Crippen LogP contribution in [0.15, 0.2) is 0 Å². The lowest BCUT2D eigenvalue weighted by atomic mass is 9.85. The van der Waals surface area contributed by atoms with E-state index in [-0.39, 0.29) is 23.8 Å². The van der Waals surface area contributed by atoms with Gasteiger partial charge in [-0.2, -0.15) is 0 Å². The molecule has 0 aliphatic carbocycles. The summed E-state index contributed by atoms with van der Waals surface area (Å²) in [6.45, 7) is 13.3. The number of hydrogen-bond acceptors (Lipinski definition) is 3. The van der Waals surface area contributed by atoms with Crippen LogP contribution in [0.5, 0.6) is 0 Å². The van der Waals surface area contributed by atoms with Gasteiger partial charge in [-0.3, -0.25) is 14.5 Å². The number of carbonyl (C=O) groups is 2. The summed E-state index contributed by atoms with van der Waals surface area (Å²) in [6.07, 6.45) is 1.05. The molecule has 1 saturated heterocycles. The van der Waals surface area contributed by atoms with Crippen molar-refractivity contribution in [3.8, 4) is 0 Å². The van der Waals surface area contributed by atoms with E-state index in [0.29, 0.717) is 18.4 Å². The number of carbonyl (C=O) groups excluding carboxylic acids is 2. The third kappa shape index (κ3) is 6.46. The fraction of sp³-hybridized carbons (Fsp3) is 0.875. The summed E-state index contributed by atoms with van der Waals surface area (Å²) in [5.41, 5.74) is 0. The SMILES string of the molecule is CC(=O)NCCN1CC(NC(=O)C(C)C)CC(C(C)C)C1. The van der Waals surface area contributed by atoms with Crippen LogP contribution >= 0.6 is 0 Å². The molecule has 2 N–H and O–H groups in total. The number of amides is 2. The van der Waals surface area contributed by atoms with E-state index in [4.69, 9.17) is 0 Å². The molecule has 1 rings (SSSR count). The molecule has 1 aliphatic rings. The molecular weight excluding hydrogens is 266 g/mol. The summed E-state index contributed by atoms with van der Waals surface area (Å²) in [6, 6.07) is 0.221. The van der Waals surface area contributed by atoms with Crippen molar-refractivity contribution in [2.24, 2.45) is 17.8 Å². The Morgan fingerprint density at radius 1 is 1.19 bits per heavy atom. The zero-order chi connectivity index (χ0) is 16.0.